The number of carbonyl (C=O) groups is 1. The third-order valence-electron chi connectivity index (χ3n) is 3.67. The molecular formula is C17H23IO3. The molecule has 2 rings (SSSR count). The van der Waals surface area contributed by atoms with Gasteiger partial charge in [-0.15, -0.1) is 0 Å². The highest BCUT2D eigenvalue weighted by atomic mass is 127. The maximum Gasteiger partial charge on any atom is 0.514 e. The normalized spacial score (nSPS) is 18.3. The van der Waals surface area contributed by atoms with E-state index in [0.29, 0.717) is 11.7 Å². The molecule has 1 aliphatic carbocycles. The van der Waals surface area contributed by atoms with Crippen LogP contribution in [0.25, 0.3) is 0 Å². The second-order valence-electron chi connectivity index (χ2n) is 7.17. The Balaban J connectivity index is 2.06. The summed E-state index contributed by atoms with van der Waals surface area (Å²) < 4.78 is 10.7. The van der Waals surface area contributed by atoms with E-state index in [1.165, 1.54) is 11.1 Å². The van der Waals surface area contributed by atoms with Gasteiger partial charge in [-0.05, 0) is 62.8 Å². The van der Waals surface area contributed by atoms with Crippen molar-refractivity contribution in [3.05, 3.63) is 29.3 Å². The van der Waals surface area contributed by atoms with Gasteiger partial charge in [0.15, 0.2) is 0 Å². The van der Waals surface area contributed by atoms with E-state index in [2.05, 4.69) is 42.5 Å². The van der Waals surface area contributed by atoms with Gasteiger partial charge in [0.25, 0.3) is 0 Å². The second kappa shape index (κ2) is 5.78. The molecule has 4 heteroatoms. The Bertz CT molecular complexity index is 538. The highest BCUT2D eigenvalue weighted by Crippen LogP contribution is 2.39. The molecule has 0 fully saturated rings. The fourth-order valence-corrected chi connectivity index (χ4v) is 2.95. The Morgan fingerprint density at radius 2 is 1.76 bits per heavy atom. The van der Waals surface area contributed by atoms with Crippen LogP contribution in [0.2, 0.25) is 0 Å². The summed E-state index contributed by atoms with van der Waals surface area (Å²) in [5, 5.41) is 0. The SMILES string of the molecule is CC(C)(C)OC(=O)Oc1ccc2c(c1)CC(C(C)(C)I)C2. The van der Waals surface area contributed by atoms with Crippen LogP contribution in [0.1, 0.15) is 45.7 Å². The zero-order valence-corrected chi connectivity index (χ0v) is 15.5. The molecule has 0 heterocycles. The molecule has 1 aromatic carbocycles. The number of hydrogen-bond acceptors (Lipinski definition) is 3. The quantitative estimate of drug-likeness (QED) is 0.305. The van der Waals surface area contributed by atoms with Crippen LogP contribution in [0.5, 0.6) is 5.75 Å². The van der Waals surface area contributed by atoms with E-state index in [1.807, 2.05) is 32.9 Å². The zero-order chi connectivity index (χ0) is 15.8. The molecular weight excluding hydrogens is 379 g/mol. The summed E-state index contributed by atoms with van der Waals surface area (Å²) in [6, 6.07) is 5.89. The number of benzene rings is 1. The average molecular weight is 402 g/mol. The van der Waals surface area contributed by atoms with E-state index in [1.54, 1.807) is 0 Å². The Kier molecular flexibility index (Phi) is 4.57. The highest BCUT2D eigenvalue weighted by Gasteiger charge is 2.32. The molecule has 0 amide bonds. The third kappa shape index (κ3) is 4.59. The van der Waals surface area contributed by atoms with E-state index in [9.17, 15) is 4.79 Å². The number of hydrogen-bond donors (Lipinski definition) is 0. The van der Waals surface area contributed by atoms with Crippen molar-refractivity contribution in [1.29, 1.82) is 0 Å². The maximum absolute atomic E-state index is 11.7. The minimum Gasteiger partial charge on any atom is -0.428 e. The van der Waals surface area contributed by atoms with Gasteiger partial charge < -0.3 is 9.47 Å². The first-order chi connectivity index (χ1) is 9.54. The van der Waals surface area contributed by atoms with Gasteiger partial charge in [-0.3, -0.25) is 0 Å². The van der Waals surface area contributed by atoms with Crippen LogP contribution in [-0.4, -0.2) is 15.2 Å². The fraction of sp³-hybridized carbons (Fsp3) is 0.588. The van der Waals surface area contributed by atoms with E-state index in [-0.39, 0.29) is 3.42 Å². The third-order valence-corrected chi connectivity index (χ3v) is 4.55. The Morgan fingerprint density at radius 1 is 1.14 bits per heavy atom. The van der Waals surface area contributed by atoms with Crippen molar-refractivity contribution in [1.82, 2.24) is 0 Å². The van der Waals surface area contributed by atoms with E-state index in [4.69, 9.17) is 9.47 Å². The number of fused-ring (bicyclic) bond motifs is 1. The van der Waals surface area contributed by atoms with Crippen LogP contribution in [0.4, 0.5) is 4.79 Å². The van der Waals surface area contributed by atoms with E-state index < -0.39 is 11.8 Å². The molecule has 21 heavy (non-hydrogen) atoms. The average Bonchev–Trinajstić information content (AvgIpc) is 2.68. The molecule has 3 nitrogen and oxygen atoms in total. The molecule has 0 spiro atoms. The fourth-order valence-electron chi connectivity index (χ4n) is 2.51. The van der Waals surface area contributed by atoms with Gasteiger partial charge in [-0.25, -0.2) is 4.79 Å². The van der Waals surface area contributed by atoms with Gasteiger partial charge in [-0.2, -0.15) is 0 Å². The summed E-state index contributed by atoms with van der Waals surface area (Å²) in [6.07, 6.45) is 1.49. The summed E-state index contributed by atoms with van der Waals surface area (Å²) in [6.45, 7) is 10.0. The lowest BCUT2D eigenvalue weighted by atomic mass is 9.93. The molecule has 0 aliphatic heterocycles. The molecule has 1 unspecified atom stereocenters. The topological polar surface area (TPSA) is 35.5 Å². The molecule has 0 aromatic heterocycles. The first kappa shape index (κ1) is 16.6. The van der Waals surface area contributed by atoms with Gasteiger partial charge in [0, 0.05) is 3.42 Å². The number of carbonyl (C=O) groups excluding carboxylic acids is 1. The van der Waals surface area contributed by atoms with E-state index in [0.717, 1.165) is 12.8 Å². The first-order valence-electron chi connectivity index (χ1n) is 7.26. The zero-order valence-electron chi connectivity index (χ0n) is 13.3. The van der Waals surface area contributed by atoms with Gasteiger partial charge >= 0.3 is 6.16 Å². The van der Waals surface area contributed by atoms with Crippen molar-refractivity contribution < 1.29 is 14.3 Å². The number of ether oxygens (including phenoxy) is 2. The molecule has 0 saturated carbocycles. The predicted octanol–water partition coefficient (Wildman–Crippen LogP) is 4.93. The van der Waals surface area contributed by atoms with Gasteiger partial charge in [-0.1, -0.05) is 42.5 Å². The Labute approximate surface area is 140 Å². The maximum atomic E-state index is 11.7. The van der Waals surface area contributed by atoms with Crippen molar-refractivity contribution >= 4 is 28.7 Å². The van der Waals surface area contributed by atoms with Gasteiger partial charge in [0.2, 0.25) is 0 Å². The molecule has 1 aliphatic rings. The molecule has 0 N–H and O–H groups in total. The van der Waals surface area contributed by atoms with Crippen molar-refractivity contribution in [2.24, 2.45) is 5.92 Å². The molecule has 0 radical (unpaired) electrons. The lowest BCUT2D eigenvalue weighted by molar-refractivity contribution is 0.0206. The predicted molar refractivity (Wildman–Crippen MR) is 92.3 cm³/mol. The van der Waals surface area contributed by atoms with Gasteiger partial charge in [0.05, 0.1) is 0 Å². The van der Waals surface area contributed by atoms with Crippen LogP contribution in [0, 0.1) is 5.92 Å². The summed E-state index contributed by atoms with van der Waals surface area (Å²) in [4.78, 5) is 11.7. The lowest BCUT2D eigenvalue weighted by Gasteiger charge is -2.24. The summed E-state index contributed by atoms with van der Waals surface area (Å²) in [7, 11) is 0. The minimum atomic E-state index is -0.647. The van der Waals surface area contributed by atoms with Crippen molar-refractivity contribution in [2.45, 2.75) is 56.5 Å². The standard InChI is InChI=1S/C17H23IO3/c1-16(2,3)21-15(19)20-14-7-6-11-8-13(17(4,5)18)9-12(11)10-14/h6-7,10,13H,8-9H2,1-5H3. The lowest BCUT2D eigenvalue weighted by Crippen LogP contribution is -2.26. The van der Waals surface area contributed by atoms with E-state index >= 15 is 0 Å². The molecule has 0 saturated heterocycles. The van der Waals surface area contributed by atoms with Crippen molar-refractivity contribution in [2.75, 3.05) is 0 Å². The van der Waals surface area contributed by atoms with Crippen molar-refractivity contribution in [3.63, 3.8) is 0 Å². The van der Waals surface area contributed by atoms with Crippen molar-refractivity contribution in [3.8, 4) is 5.75 Å². The first-order valence-corrected chi connectivity index (χ1v) is 8.34. The number of halogens is 1. The molecule has 116 valence electrons. The van der Waals surface area contributed by atoms with Crippen LogP contribution in [0.15, 0.2) is 18.2 Å². The number of alkyl halides is 1. The molecule has 1 atom stereocenters. The Morgan fingerprint density at radius 3 is 2.33 bits per heavy atom. The second-order valence-corrected chi connectivity index (χ2v) is 9.95. The number of rotatable bonds is 2. The van der Waals surface area contributed by atoms with Crippen LogP contribution in [-0.2, 0) is 17.6 Å². The Hall–Kier alpha value is -0.780. The summed E-state index contributed by atoms with van der Waals surface area (Å²) in [5.41, 5.74) is 2.11. The van der Waals surface area contributed by atoms with Crippen LogP contribution >= 0.6 is 22.6 Å². The molecule has 1 aromatic rings. The summed E-state index contributed by atoms with van der Waals surface area (Å²) in [5.74, 6) is 1.19. The minimum absolute atomic E-state index is 0.267. The monoisotopic (exact) mass is 402 g/mol. The largest absolute Gasteiger partial charge is 0.514 e. The summed E-state index contributed by atoms with van der Waals surface area (Å²) >= 11 is 2.51. The molecule has 0 bridgehead atoms. The van der Waals surface area contributed by atoms with Crippen LogP contribution < -0.4 is 4.74 Å². The van der Waals surface area contributed by atoms with Gasteiger partial charge in [0.1, 0.15) is 11.4 Å². The van der Waals surface area contributed by atoms with Crippen LogP contribution in [0.3, 0.4) is 0 Å². The highest BCUT2D eigenvalue weighted by molar-refractivity contribution is 14.1. The smallest absolute Gasteiger partial charge is 0.428 e.